The van der Waals surface area contributed by atoms with Gasteiger partial charge in [-0.15, -0.1) is 10.2 Å². The second-order valence-corrected chi connectivity index (χ2v) is 6.35. The van der Waals surface area contributed by atoms with Crippen LogP contribution in [0.4, 0.5) is 0 Å². The van der Waals surface area contributed by atoms with Crippen LogP contribution < -0.4 is 5.32 Å². The molecule has 2 aromatic rings. The maximum Gasteiger partial charge on any atom is 0.224 e. The number of amides is 1. The van der Waals surface area contributed by atoms with Gasteiger partial charge in [0.15, 0.2) is 5.82 Å². The summed E-state index contributed by atoms with van der Waals surface area (Å²) in [5, 5.41) is 10.9. The second-order valence-electron chi connectivity index (χ2n) is 5.50. The number of aromatic nitrogens is 3. The quantitative estimate of drug-likeness (QED) is 0.923. The summed E-state index contributed by atoms with van der Waals surface area (Å²) in [5.41, 5.74) is 1.21. The van der Waals surface area contributed by atoms with Crippen molar-refractivity contribution in [3.05, 3.63) is 46.5 Å². The van der Waals surface area contributed by atoms with Gasteiger partial charge < -0.3 is 9.88 Å². The van der Waals surface area contributed by atoms with Gasteiger partial charge >= 0.3 is 0 Å². The minimum Gasteiger partial charge on any atom is -0.346 e. The van der Waals surface area contributed by atoms with Crippen LogP contribution in [0.25, 0.3) is 0 Å². The van der Waals surface area contributed by atoms with E-state index in [1.54, 1.807) is 6.33 Å². The molecule has 1 saturated carbocycles. The predicted octanol–water partition coefficient (Wildman–Crippen LogP) is 2.56. The van der Waals surface area contributed by atoms with E-state index >= 15 is 0 Å². The van der Waals surface area contributed by atoms with Crippen molar-refractivity contribution in [1.29, 1.82) is 0 Å². The fraction of sp³-hybridized carbons (Fsp3) is 0.400. The predicted molar refractivity (Wildman–Crippen MR) is 82.6 cm³/mol. The molecule has 3 atom stereocenters. The third-order valence-corrected chi connectivity index (χ3v) is 4.65. The maximum atomic E-state index is 12.3. The van der Waals surface area contributed by atoms with Crippen molar-refractivity contribution in [1.82, 2.24) is 20.1 Å². The van der Waals surface area contributed by atoms with Crippen molar-refractivity contribution < 1.29 is 4.79 Å². The van der Waals surface area contributed by atoms with Gasteiger partial charge in [0.2, 0.25) is 5.91 Å². The van der Waals surface area contributed by atoms with Crippen LogP contribution in [0.5, 0.6) is 0 Å². The first-order valence-electron chi connectivity index (χ1n) is 6.96. The highest BCUT2D eigenvalue weighted by Crippen LogP contribution is 2.49. The van der Waals surface area contributed by atoms with Gasteiger partial charge in [-0.05, 0) is 30.9 Å². The van der Waals surface area contributed by atoms with Crippen LogP contribution >= 0.6 is 15.9 Å². The molecule has 1 N–H and O–H groups in total. The second kappa shape index (κ2) is 5.60. The van der Waals surface area contributed by atoms with Gasteiger partial charge in [-0.3, -0.25) is 4.79 Å². The SMILES string of the molecule is C[C@H](NC(=O)[C@H]1C[C@H]1c1ccccc1Br)c1nncn1C. The monoisotopic (exact) mass is 348 g/mol. The van der Waals surface area contributed by atoms with E-state index in [0.717, 1.165) is 16.7 Å². The smallest absolute Gasteiger partial charge is 0.224 e. The number of hydrogen-bond acceptors (Lipinski definition) is 3. The first-order valence-corrected chi connectivity index (χ1v) is 7.76. The minimum absolute atomic E-state index is 0.0550. The van der Waals surface area contributed by atoms with Gasteiger partial charge in [-0.25, -0.2) is 0 Å². The Kier molecular flexibility index (Phi) is 3.80. The molecule has 3 rings (SSSR count). The number of carbonyl (C=O) groups excluding carboxylic acids is 1. The third kappa shape index (κ3) is 2.85. The number of nitrogens with zero attached hydrogens (tertiary/aromatic N) is 3. The number of rotatable bonds is 4. The minimum atomic E-state index is -0.134. The molecule has 0 bridgehead atoms. The summed E-state index contributed by atoms with van der Waals surface area (Å²) in [5.74, 6) is 1.22. The molecular formula is C15H17BrN4O. The molecule has 0 unspecified atom stereocenters. The molecule has 0 aliphatic heterocycles. The van der Waals surface area contributed by atoms with Crippen molar-refractivity contribution in [2.45, 2.75) is 25.3 Å². The Morgan fingerprint density at radius 1 is 1.48 bits per heavy atom. The molecule has 1 amide bonds. The summed E-state index contributed by atoms with van der Waals surface area (Å²) < 4.78 is 2.90. The lowest BCUT2D eigenvalue weighted by Gasteiger charge is -2.13. The number of aryl methyl sites for hydroxylation is 1. The molecule has 1 heterocycles. The summed E-state index contributed by atoms with van der Waals surface area (Å²) >= 11 is 3.55. The van der Waals surface area contributed by atoms with Gasteiger partial charge in [0.25, 0.3) is 0 Å². The van der Waals surface area contributed by atoms with Crippen LogP contribution in [0.3, 0.4) is 0 Å². The fourth-order valence-corrected chi connectivity index (χ4v) is 3.25. The van der Waals surface area contributed by atoms with E-state index in [4.69, 9.17) is 0 Å². The van der Waals surface area contributed by atoms with E-state index in [2.05, 4.69) is 37.5 Å². The van der Waals surface area contributed by atoms with Crippen molar-refractivity contribution in [2.24, 2.45) is 13.0 Å². The molecule has 6 heteroatoms. The lowest BCUT2D eigenvalue weighted by atomic mass is 10.1. The highest BCUT2D eigenvalue weighted by Gasteiger charge is 2.45. The van der Waals surface area contributed by atoms with Crippen molar-refractivity contribution in [3.63, 3.8) is 0 Å². The molecular weight excluding hydrogens is 332 g/mol. The standard InChI is InChI=1S/C15H17BrN4O/c1-9(14-19-17-8-20(14)2)18-15(21)12-7-11(12)10-5-3-4-6-13(10)16/h3-6,8-9,11-12H,7H2,1-2H3,(H,18,21)/t9-,11-,12-/m0/s1. The van der Waals surface area contributed by atoms with Crippen molar-refractivity contribution >= 4 is 21.8 Å². The largest absolute Gasteiger partial charge is 0.346 e. The lowest BCUT2D eigenvalue weighted by molar-refractivity contribution is -0.123. The normalized spacial score (nSPS) is 21.9. The van der Waals surface area contributed by atoms with Gasteiger partial charge in [-0.2, -0.15) is 0 Å². The van der Waals surface area contributed by atoms with Crippen molar-refractivity contribution in [3.8, 4) is 0 Å². The Hall–Kier alpha value is -1.69. The van der Waals surface area contributed by atoms with Crippen LogP contribution in [0.15, 0.2) is 35.1 Å². The van der Waals surface area contributed by atoms with Crippen molar-refractivity contribution in [2.75, 3.05) is 0 Å². The van der Waals surface area contributed by atoms with Crippen LogP contribution in [-0.4, -0.2) is 20.7 Å². The Morgan fingerprint density at radius 2 is 2.24 bits per heavy atom. The highest BCUT2D eigenvalue weighted by atomic mass is 79.9. The topological polar surface area (TPSA) is 59.8 Å². The summed E-state index contributed by atoms with van der Waals surface area (Å²) in [4.78, 5) is 12.3. The van der Waals surface area contributed by atoms with Gasteiger partial charge in [0.1, 0.15) is 6.33 Å². The number of carbonyl (C=O) groups is 1. The van der Waals surface area contributed by atoms with E-state index < -0.39 is 0 Å². The molecule has 1 aliphatic rings. The zero-order valence-electron chi connectivity index (χ0n) is 12.0. The highest BCUT2D eigenvalue weighted by molar-refractivity contribution is 9.10. The zero-order valence-corrected chi connectivity index (χ0v) is 13.5. The maximum absolute atomic E-state index is 12.3. The number of halogens is 1. The van der Waals surface area contributed by atoms with E-state index in [9.17, 15) is 4.79 Å². The molecule has 0 saturated heterocycles. The van der Waals surface area contributed by atoms with Crippen LogP contribution in [-0.2, 0) is 11.8 Å². The molecule has 1 aromatic carbocycles. The van der Waals surface area contributed by atoms with E-state index in [0.29, 0.717) is 5.92 Å². The lowest BCUT2D eigenvalue weighted by Crippen LogP contribution is -2.30. The summed E-state index contributed by atoms with van der Waals surface area (Å²) in [7, 11) is 1.87. The van der Waals surface area contributed by atoms with E-state index in [1.807, 2.05) is 36.7 Å². The number of nitrogens with one attached hydrogen (secondary N) is 1. The molecule has 5 nitrogen and oxygen atoms in total. The van der Waals surface area contributed by atoms with Crippen LogP contribution in [0.2, 0.25) is 0 Å². The molecule has 1 fully saturated rings. The molecule has 21 heavy (non-hydrogen) atoms. The molecule has 1 aliphatic carbocycles. The summed E-state index contributed by atoms with van der Waals surface area (Å²) in [6, 6.07) is 7.96. The van der Waals surface area contributed by atoms with Gasteiger partial charge in [0.05, 0.1) is 6.04 Å². The number of hydrogen-bond donors (Lipinski definition) is 1. The fourth-order valence-electron chi connectivity index (χ4n) is 2.67. The first kappa shape index (κ1) is 14.3. The van der Waals surface area contributed by atoms with E-state index in [1.165, 1.54) is 5.56 Å². The molecule has 0 radical (unpaired) electrons. The Labute approximate surface area is 131 Å². The molecule has 1 aromatic heterocycles. The Balaban J connectivity index is 1.63. The molecule has 110 valence electrons. The molecule has 0 spiro atoms. The zero-order chi connectivity index (χ0) is 15.0. The van der Waals surface area contributed by atoms with E-state index in [-0.39, 0.29) is 17.9 Å². The summed E-state index contributed by atoms with van der Waals surface area (Å²) in [6.07, 6.45) is 2.54. The third-order valence-electron chi connectivity index (χ3n) is 3.92. The number of benzene rings is 1. The average Bonchev–Trinajstić information content (AvgIpc) is 3.13. The van der Waals surface area contributed by atoms with Gasteiger partial charge in [-0.1, -0.05) is 34.1 Å². The Morgan fingerprint density at radius 3 is 2.90 bits per heavy atom. The van der Waals surface area contributed by atoms with Gasteiger partial charge in [0, 0.05) is 17.4 Å². The van der Waals surface area contributed by atoms with Crippen LogP contribution in [0, 0.1) is 5.92 Å². The summed E-state index contributed by atoms with van der Waals surface area (Å²) in [6.45, 7) is 1.93. The van der Waals surface area contributed by atoms with Crippen LogP contribution in [0.1, 0.15) is 36.7 Å². The average molecular weight is 349 g/mol. The Bertz CT molecular complexity index is 669. The first-order chi connectivity index (χ1) is 10.1.